The second-order valence-corrected chi connectivity index (χ2v) is 7.72. The third-order valence-corrected chi connectivity index (χ3v) is 5.84. The summed E-state index contributed by atoms with van der Waals surface area (Å²) in [5.74, 6) is -0.478. The van der Waals surface area contributed by atoms with Gasteiger partial charge in [0.05, 0.1) is 44.8 Å². The van der Waals surface area contributed by atoms with Gasteiger partial charge < -0.3 is 34.3 Å². The fraction of sp³-hybridized carbons (Fsp3) is 0.192. The van der Waals surface area contributed by atoms with E-state index in [2.05, 4.69) is 0 Å². The van der Waals surface area contributed by atoms with Gasteiger partial charge in [-0.2, -0.15) is 0 Å². The first kappa shape index (κ1) is 22.8. The van der Waals surface area contributed by atoms with Crippen LogP contribution < -0.4 is 18.9 Å². The topological polar surface area (TPSA) is 115 Å². The van der Waals surface area contributed by atoms with E-state index in [0.29, 0.717) is 39.0 Å². The molecule has 0 saturated carbocycles. The maximum atomic E-state index is 13.7. The van der Waals surface area contributed by atoms with Crippen molar-refractivity contribution in [1.82, 2.24) is 0 Å². The summed E-state index contributed by atoms with van der Waals surface area (Å²) < 4.78 is 21.3. The Balaban J connectivity index is 2.01. The van der Waals surface area contributed by atoms with Gasteiger partial charge in [-0.15, -0.1) is 0 Å². The van der Waals surface area contributed by atoms with Crippen LogP contribution in [0.3, 0.4) is 0 Å². The molecule has 0 amide bonds. The molecule has 4 aromatic rings. The average molecular weight is 464 g/mol. The Labute approximate surface area is 195 Å². The van der Waals surface area contributed by atoms with E-state index in [9.17, 15) is 20.1 Å². The maximum absolute atomic E-state index is 13.7. The van der Waals surface area contributed by atoms with Gasteiger partial charge in [0.2, 0.25) is 5.78 Å². The third kappa shape index (κ3) is 3.44. The van der Waals surface area contributed by atoms with Gasteiger partial charge in [-0.05, 0) is 41.5 Å². The number of aryl methyl sites for hydroxylation is 1. The van der Waals surface area contributed by atoms with Gasteiger partial charge in [-0.3, -0.25) is 4.79 Å². The van der Waals surface area contributed by atoms with Crippen molar-refractivity contribution in [2.75, 3.05) is 28.4 Å². The Morgan fingerprint density at radius 2 is 1.12 bits per heavy atom. The summed E-state index contributed by atoms with van der Waals surface area (Å²) in [4.78, 5) is 13.7. The van der Waals surface area contributed by atoms with Crippen molar-refractivity contribution in [3.63, 3.8) is 0 Å². The van der Waals surface area contributed by atoms with E-state index in [4.69, 9.17) is 18.9 Å². The highest BCUT2D eigenvalue weighted by atomic mass is 16.5. The number of fused-ring (bicyclic) bond motifs is 2. The highest BCUT2D eigenvalue weighted by Crippen LogP contribution is 2.46. The molecule has 0 aliphatic carbocycles. The number of carbonyl (C=O) groups is 1. The van der Waals surface area contributed by atoms with E-state index in [-0.39, 0.29) is 28.0 Å². The summed E-state index contributed by atoms with van der Waals surface area (Å²) in [6.07, 6.45) is 0. The van der Waals surface area contributed by atoms with Crippen LogP contribution in [0.1, 0.15) is 21.5 Å². The molecule has 34 heavy (non-hydrogen) atoms. The summed E-state index contributed by atoms with van der Waals surface area (Å²) in [5.41, 5.74) is 0.000453. The Bertz CT molecular complexity index is 1350. The summed E-state index contributed by atoms with van der Waals surface area (Å²) in [5, 5.41) is 34.5. The van der Waals surface area contributed by atoms with E-state index in [1.165, 1.54) is 34.5 Å². The minimum Gasteiger partial charge on any atom is -0.507 e. The molecule has 0 radical (unpaired) electrons. The zero-order valence-corrected chi connectivity index (χ0v) is 19.3. The molecular weight excluding hydrogens is 440 g/mol. The van der Waals surface area contributed by atoms with Crippen LogP contribution in [0.15, 0.2) is 36.4 Å². The number of ketones is 1. The lowest BCUT2D eigenvalue weighted by Gasteiger charge is -2.17. The van der Waals surface area contributed by atoms with Crippen LogP contribution in [0, 0.1) is 6.92 Å². The van der Waals surface area contributed by atoms with Gasteiger partial charge in [0, 0.05) is 12.1 Å². The molecule has 0 unspecified atom stereocenters. The fourth-order valence-corrected chi connectivity index (χ4v) is 4.23. The standard InChI is InChI=1S/C26H24O8/c1-12-6-13-7-15(31-2)10-18(33-4)21(13)24(28)20(12)25(29)23-17(27)9-14-8-16(32-3)11-19(34-5)22(14)26(23)30/h6-11,27-28,30H,1-5H3. The SMILES string of the molecule is COc1cc(OC)c2c(O)c(C(=O)c3c(O)cc4cc(OC)cc(OC)c4c3O)c(C)cc2c1. The normalized spacial score (nSPS) is 11.0. The van der Waals surface area contributed by atoms with E-state index < -0.39 is 17.3 Å². The van der Waals surface area contributed by atoms with Crippen molar-refractivity contribution in [1.29, 1.82) is 0 Å². The number of rotatable bonds is 6. The highest BCUT2D eigenvalue weighted by Gasteiger charge is 2.28. The van der Waals surface area contributed by atoms with E-state index in [0.717, 1.165) is 0 Å². The van der Waals surface area contributed by atoms with Crippen molar-refractivity contribution < 1.29 is 39.1 Å². The lowest BCUT2D eigenvalue weighted by Crippen LogP contribution is -2.07. The number of methoxy groups -OCH3 is 4. The van der Waals surface area contributed by atoms with Crippen molar-refractivity contribution in [3.8, 4) is 40.2 Å². The number of phenols is 3. The zero-order valence-electron chi connectivity index (χ0n) is 19.3. The Hall–Kier alpha value is -4.33. The van der Waals surface area contributed by atoms with Gasteiger partial charge in [0.25, 0.3) is 0 Å². The average Bonchev–Trinajstić information content (AvgIpc) is 2.81. The number of hydrogen-bond donors (Lipinski definition) is 3. The molecule has 8 nitrogen and oxygen atoms in total. The van der Waals surface area contributed by atoms with Crippen LogP contribution in [-0.4, -0.2) is 49.5 Å². The number of ether oxygens (including phenoxy) is 4. The monoisotopic (exact) mass is 464 g/mol. The number of aromatic hydroxyl groups is 3. The molecule has 0 spiro atoms. The minimum atomic E-state index is -0.760. The lowest BCUT2D eigenvalue weighted by molar-refractivity contribution is 0.103. The number of carbonyl (C=O) groups excluding carboxylic acids is 1. The van der Waals surface area contributed by atoms with Crippen molar-refractivity contribution in [2.45, 2.75) is 6.92 Å². The lowest BCUT2D eigenvalue weighted by atomic mass is 9.91. The third-order valence-electron chi connectivity index (χ3n) is 5.84. The summed E-state index contributed by atoms with van der Waals surface area (Å²) >= 11 is 0. The second kappa shape index (κ2) is 8.55. The number of hydrogen-bond acceptors (Lipinski definition) is 8. The second-order valence-electron chi connectivity index (χ2n) is 7.72. The molecular formula is C26H24O8. The van der Waals surface area contributed by atoms with E-state index in [1.807, 2.05) is 0 Å². The molecule has 0 aromatic heterocycles. The first-order valence-corrected chi connectivity index (χ1v) is 10.3. The van der Waals surface area contributed by atoms with Crippen LogP contribution >= 0.6 is 0 Å². The van der Waals surface area contributed by atoms with Crippen LogP contribution in [0.5, 0.6) is 40.2 Å². The van der Waals surface area contributed by atoms with Gasteiger partial charge in [0.1, 0.15) is 45.8 Å². The maximum Gasteiger partial charge on any atom is 0.204 e. The quantitative estimate of drug-likeness (QED) is 0.352. The minimum absolute atomic E-state index is 0.0756. The summed E-state index contributed by atoms with van der Waals surface area (Å²) in [7, 11) is 5.85. The predicted molar refractivity (Wildman–Crippen MR) is 127 cm³/mol. The molecule has 0 aliphatic heterocycles. The molecule has 4 aromatic carbocycles. The van der Waals surface area contributed by atoms with Crippen molar-refractivity contribution in [2.24, 2.45) is 0 Å². The molecule has 4 rings (SSSR count). The molecule has 0 aliphatic rings. The van der Waals surface area contributed by atoms with Gasteiger partial charge >= 0.3 is 0 Å². The van der Waals surface area contributed by atoms with Crippen LogP contribution in [-0.2, 0) is 0 Å². The molecule has 0 heterocycles. The largest absolute Gasteiger partial charge is 0.507 e. The molecule has 3 N–H and O–H groups in total. The Kier molecular flexibility index (Phi) is 5.75. The van der Waals surface area contributed by atoms with Gasteiger partial charge in [0.15, 0.2) is 0 Å². The first-order chi connectivity index (χ1) is 16.2. The predicted octanol–water partition coefficient (Wildman–Crippen LogP) is 4.68. The molecule has 176 valence electrons. The first-order valence-electron chi connectivity index (χ1n) is 10.3. The van der Waals surface area contributed by atoms with Crippen molar-refractivity contribution in [3.05, 3.63) is 53.1 Å². The molecule has 8 heteroatoms. The smallest absolute Gasteiger partial charge is 0.204 e. The Morgan fingerprint density at radius 3 is 1.59 bits per heavy atom. The molecule has 0 saturated heterocycles. The van der Waals surface area contributed by atoms with Gasteiger partial charge in [-0.1, -0.05) is 6.07 Å². The molecule has 0 bridgehead atoms. The highest BCUT2D eigenvalue weighted by molar-refractivity contribution is 6.20. The van der Waals surface area contributed by atoms with Crippen LogP contribution in [0.25, 0.3) is 21.5 Å². The summed E-state index contributed by atoms with van der Waals surface area (Å²) in [6.45, 7) is 1.65. The number of phenolic OH excluding ortho intramolecular Hbond substituents is 3. The molecule has 0 atom stereocenters. The van der Waals surface area contributed by atoms with E-state index >= 15 is 0 Å². The van der Waals surface area contributed by atoms with Crippen molar-refractivity contribution >= 4 is 27.3 Å². The zero-order chi connectivity index (χ0) is 24.7. The van der Waals surface area contributed by atoms with E-state index in [1.54, 1.807) is 37.3 Å². The Morgan fingerprint density at radius 1 is 0.647 bits per heavy atom. The van der Waals surface area contributed by atoms with Crippen LogP contribution in [0.4, 0.5) is 0 Å². The summed E-state index contributed by atoms with van der Waals surface area (Å²) in [6, 6.07) is 9.50. The van der Waals surface area contributed by atoms with Gasteiger partial charge in [-0.25, -0.2) is 0 Å². The fourth-order valence-electron chi connectivity index (χ4n) is 4.23. The molecule has 0 fully saturated rings. The number of benzene rings is 4. The van der Waals surface area contributed by atoms with Crippen LogP contribution in [0.2, 0.25) is 0 Å².